The lowest BCUT2D eigenvalue weighted by atomic mass is 10.2. The highest BCUT2D eigenvalue weighted by atomic mass is 35.5. The van der Waals surface area contributed by atoms with Gasteiger partial charge in [0.05, 0.1) is 22.6 Å². The van der Waals surface area contributed by atoms with E-state index in [9.17, 15) is 18.0 Å². The fourth-order valence-electron chi connectivity index (χ4n) is 1.83. The second-order valence-corrected chi connectivity index (χ2v) is 7.21. The van der Waals surface area contributed by atoms with Gasteiger partial charge in [0.15, 0.2) is 0 Å². The van der Waals surface area contributed by atoms with Crippen LogP contribution in [-0.4, -0.2) is 43.8 Å². The fourth-order valence-corrected chi connectivity index (χ4v) is 3.03. The number of nitrogens with zero attached hydrogens (tertiary/aromatic N) is 2. The summed E-state index contributed by atoms with van der Waals surface area (Å²) in [4.78, 5) is 32.4. The standard InChI is InChI=1S/C15H15ClN4O5S/c1-20(25-2)26(23,24)10-6-7-12(16)11(9-10)14(21)18-19-15(22)13-5-3-4-8-17-13/h3-9H,1-2H3,(H,18,21)(H,19,22). The zero-order valence-corrected chi connectivity index (χ0v) is 15.3. The van der Waals surface area contributed by atoms with Crippen LogP contribution in [0, 0.1) is 0 Å². The van der Waals surface area contributed by atoms with Crippen LogP contribution in [0.5, 0.6) is 0 Å². The Morgan fingerprint density at radius 3 is 2.46 bits per heavy atom. The Labute approximate surface area is 154 Å². The molecule has 2 N–H and O–H groups in total. The van der Waals surface area contributed by atoms with Gasteiger partial charge < -0.3 is 0 Å². The van der Waals surface area contributed by atoms with E-state index in [2.05, 4.69) is 20.7 Å². The molecular weight excluding hydrogens is 384 g/mol. The van der Waals surface area contributed by atoms with E-state index in [4.69, 9.17) is 11.6 Å². The predicted molar refractivity (Wildman–Crippen MR) is 92.6 cm³/mol. The van der Waals surface area contributed by atoms with Crippen LogP contribution in [0.15, 0.2) is 47.5 Å². The number of aromatic nitrogens is 1. The predicted octanol–water partition coefficient (Wildman–Crippen LogP) is 0.992. The number of benzene rings is 1. The number of sulfonamides is 1. The van der Waals surface area contributed by atoms with Crippen LogP contribution < -0.4 is 10.9 Å². The summed E-state index contributed by atoms with van der Waals surface area (Å²) >= 11 is 5.96. The molecule has 1 aromatic carbocycles. The van der Waals surface area contributed by atoms with E-state index in [1.54, 1.807) is 12.1 Å². The number of carbonyl (C=O) groups is 2. The van der Waals surface area contributed by atoms with Crippen molar-refractivity contribution in [2.24, 2.45) is 0 Å². The number of hydroxylamine groups is 1. The molecule has 2 rings (SSSR count). The molecule has 2 aromatic rings. The molecule has 26 heavy (non-hydrogen) atoms. The van der Waals surface area contributed by atoms with Crippen molar-refractivity contribution in [2.45, 2.75) is 4.90 Å². The first kappa shape index (κ1) is 19.8. The number of hydrazine groups is 1. The largest absolute Gasteiger partial charge is 0.288 e. The highest BCUT2D eigenvalue weighted by molar-refractivity contribution is 7.89. The van der Waals surface area contributed by atoms with Crippen molar-refractivity contribution < 1.29 is 22.8 Å². The molecule has 0 spiro atoms. The van der Waals surface area contributed by atoms with Gasteiger partial charge in [0.2, 0.25) is 0 Å². The number of pyridine rings is 1. The normalized spacial score (nSPS) is 11.2. The Hall–Kier alpha value is -2.53. The van der Waals surface area contributed by atoms with Crippen LogP contribution in [-0.2, 0) is 14.9 Å². The average molecular weight is 399 g/mol. The summed E-state index contributed by atoms with van der Waals surface area (Å²) in [5, 5.41) is 0.00797. The van der Waals surface area contributed by atoms with Gasteiger partial charge in [-0.25, -0.2) is 8.42 Å². The molecule has 0 atom stereocenters. The molecular formula is C15H15ClN4O5S. The van der Waals surface area contributed by atoms with Crippen molar-refractivity contribution in [3.05, 3.63) is 58.9 Å². The molecule has 0 unspecified atom stereocenters. The second kappa shape index (κ2) is 8.23. The first-order valence-corrected chi connectivity index (χ1v) is 8.93. The Kier molecular flexibility index (Phi) is 6.27. The molecule has 0 aliphatic rings. The zero-order valence-electron chi connectivity index (χ0n) is 13.8. The number of rotatable bonds is 5. The van der Waals surface area contributed by atoms with Crippen molar-refractivity contribution in [1.29, 1.82) is 0 Å². The Morgan fingerprint density at radius 2 is 1.85 bits per heavy atom. The number of hydrogen-bond donors (Lipinski definition) is 2. The maximum absolute atomic E-state index is 12.2. The topological polar surface area (TPSA) is 118 Å². The molecule has 0 saturated heterocycles. The van der Waals surface area contributed by atoms with Crippen molar-refractivity contribution in [3.63, 3.8) is 0 Å². The van der Waals surface area contributed by atoms with E-state index < -0.39 is 21.8 Å². The molecule has 0 bridgehead atoms. The van der Waals surface area contributed by atoms with Gasteiger partial charge in [0.25, 0.3) is 21.8 Å². The average Bonchev–Trinajstić information content (AvgIpc) is 2.65. The van der Waals surface area contributed by atoms with Crippen LogP contribution in [0.4, 0.5) is 0 Å². The van der Waals surface area contributed by atoms with Gasteiger partial charge >= 0.3 is 0 Å². The van der Waals surface area contributed by atoms with Crippen molar-refractivity contribution in [1.82, 2.24) is 20.3 Å². The highest BCUT2D eigenvalue weighted by Crippen LogP contribution is 2.22. The third-order valence-electron chi connectivity index (χ3n) is 3.26. The summed E-state index contributed by atoms with van der Waals surface area (Å²) in [6.45, 7) is 0. The number of hydrogen-bond acceptors (Lipinski definition) is 6. The minimum Gasteiger partial charge on any atom is -0.288 e. The van der Waals surface area contributed by atoms with Gasteiger partial charge in [-0.1, -0.05) is 22.1 Å². The van der Waals surface area contributed by atoms with E-state index in [0.717, 1.165) is 6.07 Å². The Balaban J connectivity index is 2.19. The molecule has 0 aliphatic carbocycles. The van der Waals surface area contributed by atoms with E-state index in [-0.39, 0.29) is 21.2 Å². The van der Waals surface area contributed by atoms with Gasteiger partial charge in [0.1, 0.15) is 5.69 Å². The molecule has 138 valence electrons. The van der Waals surface area contributed by atoms with Crippen molar-refractivity contribution >= 4 is 33.4 Å². The maximum Gasteiger partial charge on any atom is 0.288 e. The molecule has 1 heterocycles. The molecule has 2 amide bonds. The molecule has 0 radical (unpaired) electrons. The van der Waals surface area contributed by atoms with Crippen LogP contribution >= 0.6 is 11.6 Å². The van der Waals surface area contributed by atoms with E-state index in [0.29, 0.717) is 4.47 Å². The lowest BCUT2D eigenvalue weighted by Gasteiger charge is -2.15. The van der Waals surface area contributed by atoms with Crippen LogP contribution in [0.1, 0.15) is 20.8 Å². The van der Waals surface area contributed by atoms with Gasteiger partial charge in [-0.05, 0) is 30.3 Å². The third-order valence-corrected chi connectivity index (χ3v) is 5.27. The third kappa shape index (κ3) is 4.35. The summed E-state index contributed by atoms with van der Waals surface area (Å²) in [5.74, 6) is -1.44. The zero-order chi connectivity index (χ0) is 19.3. The summed E-state index contributed by atoms with van der Waals surface area (Å²) in [6.07, 6.45) is 1.42. The minimum atomic E-state index is -3.96. The van der Waals surface area contributed by atoms with Gasteiger partial charge in [-0.2, -0.15) is 0 Å². The first-order valence-electron chi connectivity index (χ1n) is 7.11. The molecule has 1 aromatic heterocycles. The molecule has 0 aliphatic heterocycles. The molecule has 9 nitrogen and oxygen atoms in total. The van der Waals surface area contributed by atoms with Crippen molar-refractivity contribution in [3.8, 4) is 0 Å². The molecule has 0 saturated carbocycles. The minimum absolute atomic E-state index is 0.00797. The fraction of sp³-hybridized carbons (Fsp3) is 0.133. The summed E-state index contributed by atoms with van der Waals surface area (Å²) in [5.41, 5.74) is 4.28. The maximum atomic E-state index is 12.2. The molecule has 11 heteroatoms. The van der Waals surface area contributed by atoms with Crippen LogP contribution in [0.3, 0.4) is 0 Å². The Morgan fingerprint density at radius 1 is 1.15 bits per heavy atom. The van der Waals surface area contributed by atoms with Crippen LogP contribution in [0.2, 0.25) is 5.02 Å². The van der Waals surface area contributed by atoms with Crippen LogP contribution in [0.25, 0.3) is 0 Å². The quantitative estimate of drug-likeness (QED) is 0.725. The van der Waals surface area contributed by atoms with Gasteiger partial charge in [-0.15, -0.1) is 0 Å². The highest BCUT2D eigenvalue weighted by Gasteiger charge is 2.23. The lowest BCUT2D eigenvalue weighted by molar-refractivity contribution is -0.0258. The Bertz CT molecular complexity index is 921. The monoisotopic (exact) mass is 398 g/mol. The van der Waals surface area contributed by atoms with Gasteiger partial charge in [-0.3, -0.25) is 30.3 Å². The first-order chi connectivity index (χ1) is 12.3. The van der Waals surface area contributed by atoms with E-state index in [1.807, 2.05) is 0 Å². The number of carbonyl (C=O) groups excluding carboxylic acids is 2. The number of nitrogens with one attached hydrogen (secondary N) is 2. The molecule has 0 fully saturated rings. The van der Waals surface area contributed by atoms with E-state index >= 15 is 0 Å². The van der Waals surface area contributed by atoms with E-state index in [1.165, 1.54) is 38.6 Å². The van der Waals surface area contributed by atoms with Gasteiger partial charge in [0, 0.05) is 13.2 Å². The lowest BCUT2D eigenvalue weighted by Crippen LogP contribution is -2.42. The number of halogens is 1. The summed E-state index contributed by atoms with van der Waals surface area (Å²) in [7, 11) is -1.57. The van der Waals surface area contributed by atoms with Crippen molar-refractivity contribution in [2.75, 3.05) is 14.2 Å². The second-order valence-electron chi connectivity index (χ2n) is 4.86. The smallest absolute Gasteiger partial charge is 0.288 e. The SMILES string of the molecule is CON(C)S(=O)(=O)c1ccc(Cl)c(C(=O)NNC(=O)c2ccccn2)c1. The summed E-state index contributed by atoms with van der Waals surface area (Å²) < 4.78 is 25.1. The number of amides is 2. The summed E-state index contributed by atoms with van der Waals surface area (Å²) in [6, 6.07) is 8.28.